The molecule has 1 aliphatic heterocycles. The Kier molecular flexibility index (Phi) is 2.91. The number of benzene rings is 1. The molecule has 0 spiro atoms. The minimum Gasteiger partial charge on any atom is -0.454 e. The van der Waals surface area contributed by atoms with Gasteiger partial charge in [-0.15, -0.1) is 0 Å². The third-order valence-electron chi connectivity index (χ3n) is 2.47. The molecule has 1 aromatic carbocycles. The normalized spacial score (nSPS) is 16.1. The minimum absolute atomic E-state index is 0.0530. The number of fused-ring (bicyclic) bond motifs is 1. The van der Waals surface area contributed by atoms with Gasteiger partial charge in [-0.05, 0) is 25.5 Å². The van der Waals surface area contributed by atoms with E-state index in [0.29, 0.717) is 5.75 Å². The summed E-state index contributed by atoms with van der Waals surface area (Å²) in [5.74, 6) is 0.505. The molecule has 0 bridgehead atoms. The molecule has 0 saturated carbocycles. The Bertz CT molecular complexity index is 429. The monoisotopic (exact) mass is 247 g/mol. The van der Waals surface area contributed by atoms with Gasteiger partial charge in [0.05, 0.1) is 5.56 Å². The molecule has 3 nitrogen and oxygen atoms in total. The summed E-state index contributed by atoms with van der Waals surface area (Å²) in [6, 6.07) is 1.90. The molecule has 2 N–H and O–H groups in total. The molecule has 2 rings (SSSR count). The van der Waals surface area contributed by atoms with Crippen molar-refractivity contribution in [2.45, 2.75) is 25.6 Å². The van der Waals surface area contributed by atoms with Crippen molar-refractivity contribution in [3.05, 3.63) is 23.3 Å². The van der Waals surface area contributed by atoms with Gasteiger partial charge in [-0.3, -0.25) is 0 Å². The first kappa shape index (κ1) is 12.0. The van der Waals surface area contributed by atoms with E-state index in [2.05, 4.69) is 0 Å². The van der Waals surface area contributed by atoms with Crippen LogP contribution in [-0.2, 0) is 12.6 Å². The Morgan fingerprint density at radius 1 is 1.35 bits per heavy atom. The molecule has 1 heterocycles. The first-order chi connectivity index (χ1) is 7.89. The molecule has 0 saturated heterocycles. The van der Waals surface area contributed by atoms with Crippen LogP contribution in [0.1, 0.15) is 18.1 Å². The smallest absolute Gasteiger partial charge is 0.416 e. The Morgan fingerprint density at radius 2 is 2.06 bits per heavy atom. The van der Waals surface area contributed by atoms with Crippen LogP contribution in [0, 0.1) is 0 Å². The summed E-state index contributed by atoms with van der Waals surface area (Å²) < 4.78 is 48.6. The predicted molar refractivity (Wildman–Crippen MR) is 54.9 cm³/mol. The maximum absolute atomic E-state index is 12.8. The Balaban J connectivity index is 2.53. The summed E-state index contributed by atoms with van der Waals surface area (Å²) in [4.78, 5) is 0. The molecule has 6 heteroatoms. The fourth-order valence-electron chi connectivity index (χ4n) is 1.82. The maximum atomic E-state index is 12.8. The highest BCUT2D eigenvalue weighted by atomic mass is 19.4. The van der Waals surface area contributed by atoms with Crippen molar-refractivity contribution >= 4 is 0 Å². The van der Waals surface area contributed by atoms with Gasteiger partial charge in [0.2, 0.25) is 6.79 Å². The molecule has 94 valence electrons. The first-order valence-electron chi connectivity index (χ1n) is 5.14. The number of hydrogen-bond donors (Lipinski definition) is 1. The highest BCUT2D eigenvalue weighted by molar-refractivity contribution is 5.53. The van der Waals surface area contributed by atoms with Crippen molar-refractivity contribution in [2.24, 2.45) is 5.73 Å². The van der Waals surface area contributed by atoms with Gasteiger partial charge >= 0.3 is 6.18 Å². The molecule has 0 aromatic heterocycles. The number of alkyl halides is 3. The van der Waals surface area contributed by atoms with Gasteiger partial charge in [0.1, 0.15) is 0 Å². The zero-order valence-electron chi connectivity index (χ0n) is 9.17. The lowest BCUT2D eigenvalue weighted by Crippen LogP contribution is -2.21. The van der Waals surface area contributed by atoms with E-state index in [4.69, 9.17) is 15.2 Å². The van der Waals surface area contributed by atoms with Crippen molar-refractivity contribution in [1.29, 1.82) is 0 Å². The molecular formula is C11H12F3NO2. The SMILES string of the molecule is CC(N)Cc1c(C(F)(F)F)ccc2c1OCO2. The van der Waals surface area contributed by atoms with Gasteiger partial charge in [0.15, 0.2) is 11.5 Å². The van der Waals surface area contributed by atoms with Crippen LogP contribution >= 0.6 is 0 Å². The number of rotatable bonds is 2. The molecule has 1 unspecified atom stereocenters. The Hall–Kier alpha value is -1.43. The molecule has 1 atom stereocenters. The second kappa shape index (κ2) is 4.10. The third kappa shape index (κ3) is 2.31. The van der Waals surface area contributed by atoms with Gasteiger partial charge in [0.25, 0.3) is 0 Å². The fourth-order valence-corrected chi connectivity index (χ4v) is 1.82. The van der Waals surface area contributed by atoms with E-state index in [1.165, 1.54) is 6.07 Å². The van der Waals surface area contributed by atoms with E-state index >= 15 is 0 Å². The van der Waals surface area contributed by atoms with Crippen LogP contribution in [0.25, 0.3) is 0 Å². The molecule has 0 amide bonds. The van der Waals surface area contributed by atoms with Gasteiger partial charge in [0, 0.05) is 11.6 Å². The number of nitrogens with two attached hydrogens (primary N) is 1. The predicted octanol–water partition coefficient (Wildman–Crippen LogP) is 2.32. The molecule has 0 fully saturated rings. The Morgan fingerprint density at radius 3 is 2.65 bits per heavy atom. The summed E-state index contributed by atoms with van der Waals surface area (Å²) in [5, 5.41) is 0. The lowest BCUT2D eigenvalue weighted by molar-refractivity contribution is -0.138. The van der Waals surface area contributed by atoms with E-state index in [9.17, 15) is 13.2 Å². The van der Waals surface area contributed by atoms with Crippen LogP contribution in [0.3, 0.4) is 0 Å². The van der Waals surface area contributed by atoms with Crippen LogP contribution in [0.2, 0.25) is 0 Å². The lowest BCUT2D eigenvalue weighted by atomic mass is 9.99. The van der Waals surface area contributed by atoms with Crippen molar-refractivity contribution in [3.63, 3.8) is 0 Å². The van der Waals surface area contributed by atoms with Crippen molar-refractivity contribution < 1.29 is 22.6 Å². The van der Waals surface area contributed by atoms with Crippen LogP contribution in [-0.4, -0.2) is 12.8 Å². The van der Waals surface area contributed by atoms with E-state index in [1.54, 1.807) is 6.92 Å². The molecular weight excluding hydrogens is 235 g/mol. The van der Waals surface area contributed by atoms with Crippen LogP contribution < -0.4 is 15.2 Å². The topological polar surface area (TPSA) is 44.5 Å². The fraction of sp³-hybridized carbons (Fsp3) is 0.455. The van der Waals surface area contributed by atoms with E-state index in [1.807, 2.05) is 0 Å². The highest BCUT2D eigenvalue weighted by Crippen LogP contribution is 2.43. The average Bonchev–Trinajstić information content (AvgIpc) is 2.63. The summed E-state index contributed by atoms with van der Waals surface area (Å²) in [7, 11) is 0. The summed E-state index contributed by atoms with van der Waals surface area (Å²) in [6.45, 7) is 1.60. The number of hydrogen-bond acceptors (Lipinski definition) is 3. The number of ether oxygens (including phenoxy) is 2. The quantitative estimate of drug-likeness (QED) is 0.872. The van der Waals surface area contributed by atoms with Crippen molar-refractivity contribution in [1.82, 2.24) is 0 Å². The van der Waals surface area contributed by atoms with Crippen LogP contribution in [0.4, 0.5) is 13.2 Å². The third-order valence-corrected chi connectivity index (χ3v) is 2.47. The van der Waals surface area contributed by atoms with E-state index < -0.39 is 11.7 Å². The summed E-state index contributed by atoms with van der Waals surface area (Å²) in [5.41, 5.74) is 4.93. The van der Waals surface area contributed by atoms with Crippen molar-refractivity contribution in [3.8, 4) is 11.5 Å². The zero-order valence-corrected chi connectivity index (χ0v) is 9.17. The van der Waals surface area contributed by atoms with Gasteiger partial charge in [-0.25, -0.2) is 0 Å². The second-order valence-electron chi connectivity index (χ2n) is 4.00. The van der Waals surface area contributed by atoms with Crippen LogP contribution in [0.15, 0.2) is 12.1 Å². The zero-order chi connectivity index (χ0) is 12.6. The van der Waals surface area contributed by atoms with Crippen molar-refractivity contribution in [2.75, 3.05) is 6.79 Å². The molecule has 1 aliphatic rings. The average molecular weight is 247 g/mol. The Labute approximate surface area is 96.3 Å². The standard InChI is InChI=1S/C11H12F3NO2/c1-6(15)4-7-8(11(12,13)14)2-3-9-10(7)17-5-16-9/h2-3,6H,4-5,15H2,1H3. The lowest BCUT2D eigenvalue weighted by Gasteiger charge is -2.16. The minimum atomic E-state index is -4.41. The van der Waals surface area contributed by atoms with E-state index in [0.717, 1.165) is 6.07 Å². The number of halogens is 3. The van der Waals surface area contributed by atoms with Gasteiger partial charge < -0.3 is 15.2 Å². The summed E-state index contributed by atoms with van der Waals surface area (Å²) >= 11 is 0. The molecule has 0 aliphatic carbocycles. The molecule has 0 radical (unpaired) electrons. The molecule has 1 aromatic rings. The largest absolute Gasteiger partial charge is 0.454 e. The van der Waals surface area contributed by atoms with Crippen LogP contribution in [0.5, 0.6) is 11.5 Å². The first-order valence-corrected chi connectivity index (χ1v) is 5.14. The van der Waals surface area contributed by atoms with E-state index in [-0.39, 0.29) is 30.6 Å². The highest BCUT2D eigenvalue weighted by Gasteiger charge is 2.36. The molecule has 17 heavy (non-hydrogen) atoms. The van der Waals surface area contributed by atoms with Gasteiger partial charge in [-0.1, -0.05) is 0 Å². The summed E-state index contributed by atoms with van der Waals surface area (Å²) in [6.07, 6.45) is -4.31. The van der Waals surface area contributed by atoms with Gasteiger partial charge in [-0.2, -0.15) is 13.2 Å². The maximum Gasteiger partial charge on any atom is 0.416 e. The second-order valence-corrected chi connectivity index (χ2v) is 4.00.